The quantitative estimate of drug-likeness (QED) is 0.629. The molecule has 3 rings (SSSR count). The summed E-state index contributed by atoms with van der Waals surface area (Å²) in [4.78, 5) is 14.5. The van der Waals surface area contributed by atoms with Crippen molar-refractivity contribution >= 4 is 23.3 Å². The van der Waals surface area contributed by atoms with Crippen LogP contribution in [0.3, 0.4) is 0 Å². The van der Waals surface area contributed by atoms with Gasteiger partial charge in [0, 0.05) is 18.0 Å². The highest BCUT2D eigenvalue weighted by atomic mass is 32.1. The Bertz CT molecular complexity index is 684. The zero-order valence-corrected chi connectivity index (χ0v) is 9.08. The van der Waals surface area contributed by atoms with Gasteiger partial charge in [-0.2, -0.15) is 0 Å². The summed E-state index contributed by atoms with van der Waals surface area (Å²) in [6.45, 7) is 0. The zero-order valence-electron chi connectivity index (χ0n) is 8.27. The first kappa shape index (κ1) is 9.23. The summed E-state index contributed by atoms with van der Waals surface area (Å²) in [7, 11) is 0. The van der Waals surface area contributed by atoms with Crippen molar-refractivity contribution in [2.45, 2.75) is 0 Å². The average molecular weight is 228 g/mol. The highest BCUT2D eigenvalue weighted by Gasteiger charge is 2.02. The van der Waals surface area contributed by atoms with Crippen molar-refractivity contribution in [2.75, 3.05) is 0 Å². The second-order valence-corrected chi connectivity index (χ2v) is 3.82. The molecule has 0 aliphatic heterocycles. The molecule has 0 saturated carbocycles. The van der Waals surface area contributed by atoms with Crippen LogP contribution in [-0.4, -0.2) is 19.9 Å². The van der Waals surface area contributed by atoms with Crippen LogP contribution in [0.4, 0.5) is 0 Å². The molecule has 2 N–H and O–H groups in total. The highest BCUT2D eigenvalue weighted by molar-refractivity contribution is 7.71. The molecule has 0 aliphatic carbocycles. The van der Waals surface area contributed by atoms with Gasteiger partial charge in [0.1, 0.15) is 0 Å². The van der Waals surface area contributed by atoms with Crippen molar-refractivity contribution in [1.82, 2.24) is 19.9 Å². The van der Waals surface area contributed by atoms with Gasteiger partial charge in [-0.05, 0) is 36.5 Å². The second kappa shape index (κ2) is 3.53. The van der Waals surface area contributed by atoms with Crippen molar-refractivity contribution in [1.29, 1.82) is 0 Å². The number of rotatable bonds is 1. The molecule has 0 amide bonds. The second-order valence-electron chi connectivity index (χ2n) is 3.41. The van der Waals surface area contributed by atoms with Gasteiger partial charge in [0.15, 0.2) is 10.6 Å². The number of hydrogen-bond donors (Lipinski definition) is 2. The van der Waals surface area contributed by atoms with Crippen molar-refractivity contribution in [3.63, 3.8) is 0 Å². The van der Waals surface area contributed by atoms with Crippen LogP contribution < -0.4 is 0 Å². The lowest BCUT2D eigenvalue weighted by Gasteiger charge is -1.98. The summed E-state index contributed by atoms with van der Waals surface area (Å²) >= 11 is 5.03. The fraction of sp³-hybridized carbons (Fsp3) is 0. The topological polar surface area (TPSA) is 57.4 Å². The Balaban J connectivity index is 2.22. The van der Waals surface area contributed by atoms with Crippen LogP contribution in [0.5, 0.6) is 0 Å². The molecule has 3 aromatic rings. The molecule has 0 fully saturated rings. The van der Waals surface area contributed by atoms with Crippen LogP contribution in [0.1, 0.15) is 0 Å². The van der Waals surface area contributed by atoms with Crippen molar-refractivity contribution in [3.05, 3.63) is 41.4 Å². The summed E-state index contributed by atoms with van der Waals surface area (Å²) in [5.74, 6) is 0.713. The zero-order chi connectivity index (χ0) is 11.0. The molecule has 0 atom stereocenters. The van der Waals surface area contributed by atoms with Crippen LogP contribution in [0, 0.1) is 4.77 Å². The van der Waals surface area contributed by atoms with Crippen molar-refractivity contribution in [2.24, 2.45) is 0 Å². The molecule has 0 radical (unpaired) electrons. The van der Waals surface area contributed by atoms with E-state index in [-0.39, 0.29) is 0 Å². The molecule has 0 aliphatic rings. The summed E-state index contributed by atoms with van der Waals surface area (Å²) in [6, 6.07) is 7.72. The molecule has 78 valence electrons. The number of aromatic amines is 2. The van der Waals surface area contributed by atoms with Crippen LogP contribution in [0.25, 0.3) is 22.4 Å². The fourth-order valence-electron chi connectivity index (χ4n) is 1.62. The number of fused-ring (bicyclic) bond motifs is 1. The van der Waals surface area contributed by atoms with Gasteiger partial charge >= 0.3 is 0 Å². The molecule has 4 nitrogen and oxygen atoms in total. The van der Waals surface area contributed by atoms with Gasteiger partial charge in [-0.1, -0.05) is 0 Å². The van der Waals surface area contributed by atoms with Gasteiger partial charge in [-0.3, -0.25) is 0 Å². The lowest BCUT2D eigenvalue weighted by Crippen LogP contribution is -1.86. The van der Waals surface area contributed by atoms with Crippen molar-refractivity contribution < 1.29 is 0 Å². The smallest absolute Gasteiger partial charge is 0.175 e. The average Bonchev–Trinajstić information content (AvgIpc) is 2.69. The Kier molecular flexibility index (Phi) is 2.04. The minimum Gasteiger partial charge on any atom is -0.331 e. The summed E-state index contributed by atoms with van der Waals surface area (Å²) in [5.41, 5.74) is 2.93. The number of nitrogens with one attached hydrogen (secondary N) is 2. The van der Waals surface area contributed by atoms with E-state index in [4.69, 9.17) is 12.2 Å². The molecule has 0 unspecified atom stereocenters. The molecule has 2 heterocycles. The lowest BCUT2D eigenvalue weighted by atomic mass is 10.2. The molecule has 0 saturated heterocycles. The van der Waals surface area contributed by atoms with Gasteiger partial charge in [-0.15, -0.1) is 0 Å². The molecule has 5 heteroatoms. The van der Waals surface area contributed by atoms with Gasteiger partial charge in [-0.25, -0.2) is 9.97 Å². The first-order valence-corrected chi connectivity index (χ1v) is 5.23. The number of hydrogen-bond acceptors (Lipinski definition) is 3. The van der Waals surface area contributed by atoms with E-state index < -0.39 is 0 Å². The Morgan fingerprint density at radius 3 is 2.56 bits per heavy atom. The normalized spacial score (nSPS) is 10.8. The van der Waals surface area contributed by atoms with Crippen LogP contribution in [0.15, 0.2) is 36.7 Å². The number of nitrogens with zero attached hydrogens (tertiary/aromatic N) is 2. The third-order valence-corrected chi connectivity index (χ3v) is 2.54. The summed E-state index contributed by atoms with van der Waals surface area (Å²) in [5, 5.41) is 0. The predicted octanol–water partition coefficient (Wildman–Crippen LogP) is 2.68. The van der Waals surface area contributed by atoms with Crippen LogP contribution >= 0.6 is 12.2 Å². The predicted molar refractivity (Wildman–Crippen MR) is 64.5 cm³/mol. The Hall–Kier alpha value is -2.01. The number of aromatic nitrogens is 4. The first-order chi connectivity index (χ1) is 7.83. The SMILES string of the molecule is S=c1[nH]c2ccc(-c3ncccn3)cc2[nH]1. The summed E-state index contributed by atoms with van der Waals surface area (Å²) < 4.78 is 0.626. The van der Waals surface area contributed by atoms with E-state index in [1.807, 2.05) is 18.2 Å². The minimum atomic E-state index is 0.626. The monoisotopic (exact) mass is 228 g/mol. The maximum absolute atomic E-state index is 5.03. The third kappa shape index (κ3) is 1.51. The first-order valence-electron chi connectivity index (χ1n) is 4.82. The van der Waals surface area contributed by atoms with E-state index in [1.165, 1.54) is 0 Å². The Morgan fingerprint density at radius 1 is 1.00 bits per heavy atom. The van der Waals surface area contributed by atoms with Gasteiger partial charge in [0.25, 0.3) is 0 Å². The van der Waals surface area contributed by atoms with Gasteiger partial charge in [0.2, 0.25) is 0 Å². The fourth-order valence-corrected chi connectivity index (χ4v) is 1.84. The Labute approximate surface area is 96.4 Å². The van der Waals surface area contributed by atoms with Crippen LogP contribution in [-0.2, 0) is 0 Å². The lowest BCUT2D eigenvalue weighted by molar-refractivity contribution is 1.18. The number of benzene rings is 1. The highest BCUT2D eigenvalue weighted by Crippen LogP contribution is 2.19. The maximum Gasteiger partial charge on any atom is 0.175 e. The molecule has 1 aromatic carbocycles. The molecular weight excluding hydrogens is 220 g/mol. The minimum absolute atomic E-state index is 0.626. The van der Waals surface area contributed by atoms with E-state index >= 15 is 0 Å². The van der Waals surface area contributed by atoms with E-state index in [1.54, 1.807) is 18.5 Å². The maximum atomic E-state index is 5.03. The molecule has 0 bridgehead atoms. The van der Waals surface area contributed by atoms with E-state index in [9.17, 15) is 0 Å². The number of H-pyrrole nitrogens is 2. The Morgan fingerprint density at radius 2 is 1.75 bits per heavy atom. The third-order valence-electron chi connectivity index (χ3n) is 2.34. The van der Waals surface area contributed by atoms with Crippen molar-refractivity contribution in [3.8, 4) is 11.4 Å². The van der Waals surface area contributed by atoms with E-state index in [2.05, 4.69) is 19.9 Å². The number of imidazole rings is 1. The molecule has 0 spiro atoms. The molecule has 2 aromatic heterocycles. The summed E-state index contributed by atoms with van der Waals surface area (Å²) in [6.07, 6.45) is 3.46. The van der Waals surface area contributed by atoms with Crippen LogP contribution in [0.2, 0.25) is 0 Å². The molecular formula is C11H8N4S. The van der Waals surface area contributed by atoms with E-state index in [0.717, 1.165) is 16.6 Å². The van der Waals surface area contributed by atoms with E-state index in [0.29, 0.717) is 10.6 Å². The standard InChI is InChI=1S/C11H8N4S/c16-11-14-8-3-2-7(6-9(8)15-11)10-12-4-1-5-13-10/h1-6H,(H2,14,15,16). The largest absolute Gasteiger partial charge is 0.331 e. The molecule has 16 heavy (non-hydrogen) atoms. The van der Waals surface area contributed by atoms with Gasteiger partial charge < -0.3 is 9.97 Å². The van der Waals surface area contributed by atoms with Gasteiger partial charge in [0.05, 0.1) is 11.0 Å².